The third-order valence-electron chi connectivity index (χ3n) is 8.79. The molecule has 0 fully saturated rings. The molecule has 2 atom stereocenters. The van der Waals surface area contributed by atoms with Crippen LogP contribution in [0.5, 0.6) is 0 Å². The summed E-state index contributed by atoms with van der Waals surface area (Å²) in [6.45, 7) is 11.4. The number of allylic oxidation sites excluding steroid dienone is 1. The summed E-state index contributed by atoms with van der Waals surface area (Å²) in [5.41, 5.74) is 15.4. The Hall–Kier alpha value is -2.22. The van der Waals surface area contributed by atoms with Gasteiger partial charge in [-0.2, -0.15) is 18.2 Å². The van der Waals surface area contributed by atoms with Gasteiger partial charge in [0.05, 0.1) is 0 Å². The fourth-order valence-electron chi connectivity index (χ4n) is 6.74. The molecule has 0 N–H and O–H groups in total. The fourth-order valence-corrected chi connectivity index (χ4v) is 6.74. The normalized spacial score (nSPS) is 14.4. The molecule has 2 aliphatic rings. The molecule has 0 heterocycles. The molecule has 5 aromatic rings. The molecule has 0 saturated heterocycles. The molecule has 0 spiro atoms. The second kappa shape index (κ2) is 15.2. The second-order valence-corrected chi connectivity index (χ2v) is 12.5. The van der Waals surface area contributed by atoms with E-state index in [1.807, 2.05) is 0 Å². The third-order valence-corrected chi connectivity index (χ3v) is 8.79. The molecule has 5 aromatic carbocycles. The van der Waals surface area contributed by atoms with Crippen molar-refractivity contribution in [3.8, 4) is 22.3 Å². The smallest absolute Gasteiger partial charge is 1.00 e. The van der Waals surface area contributed by atoms with E-state index in [-0.39, 0.29) is 56.9 Å². The minimum Gasteiger partial charge on any atom is -1.00 e. The van der Waals surface area contributed by atoms with Crippen LogP contribution in [0.25, 0.3) is 39.1 Å². The number of halogens is 2. The number of rotatable bonds is 4. The summed E-state index contributed by atoms with van der Waals surface area (Å²) in [5, 5.41) is 2.63. The third kappa shape index (κ3) is 6.32. The zero-order valence-electron chi connectivity index (χ0n) is 25.6. The molecular formula is C39H38Cl2SiZr. The SMILES string of the molecule is CCC(C)C1=Cc2c(-c3c(C)ccc4ccccc34)cccc2C1c1[c-]ccc2c1Cc1ccccc1-2.C[SiH]C.[Cl-].[Cl-].[Zr+3]. The second-order valence-electron chi connectivity index (χ2n) is 11.4. The van der Waals surface area contributed by atoms with Crippen molar-refractivity contribution in [1.29, 1.82) is 0 Å². The Labute approximate surface area is 292 Å². The summed E-state index contributed by atoms with van der Waals surface area (Å²) in [5.74, 6) is 0.761. The molecule has 0 bridgehead atoms. The van der Waals surface area contributed by atoms with Crippen molar-refractivity contribution in [2.45, 2.75) is 52.6 Å². The molecule has 0 saturated carbocycles. The summed E-state index contributed by atoms with van der Waals surface area (Å²) >= 11 is 0. The van der Waals surface area contributed by atoms with Gasteiger partial charge in [0, 0.05) is 15.4 Å². The van der Waals surface area contributed by atoms with Crippen LogP contribution in [0.4, 0.5) is 0 Å². The fraction of sp³-hybridized carbons (Fsp3) is 0.231. The average molecular weight is 697 g/mol. The van der Waals surface area contributed by atoms with Crippen LogP contribution in [0, 0.1) is 18.9 Å². The van der Waals surface area contributed by atoms with Crippen molar-refractivity contribution < 1.29 is 51.0 Å². The Morgan fingerprint density at radius 1 is 0.837 bits per heavy atom. The van der Waals surface area contributed by atoms with Gasteiger partial charge in [0.15, 0.2) is 0 Å². The number of benzene rings is 5. The van der Waals surface area contributed by atoms with E-state index in [0.29, 0.717) is 5.92 Å². The Morgan fingerprint density at radius 3 is 2.30 bits per heavy atom. The molecule has 216 valence electrons. The van der Waals surface area contributed by atoms with Crippen molar-refractivity contribution in [2.75, 3.05) is 0 Å². The molecule has 0 nitrogen and oxygen atoms in total. The van der Waals surface area contributed by atoms with Gasteiger partial charge in [-0.15, -0.1) is 16.7 Å². The first-order chi connectivity index (χ1) is 19.6. The van der Waals surface area contributed by atoms with E-state index in [4.69, 9.17) is 0 Å². The van der Waals surface area contributed by atoms with Crippen molar-refractivity contribution >= 4 is 26.4 Å². The van der Waals surface area contributed by atoms with Crippen molar-refractivity contribution in [2.24, 2.45) is 5.92 Å². The average Bonchev–Trinajstić information content (AvgIpc) is 3.56. The molecular weight excluding hydrogens is 659 g/mol. The zero-order valence-corrected chi connectivity index (χ0v) is 30.8. The standard InChI is InChI=1S/C37H31.C2H7Si.2ClH.Zr/c1-4-23(2)33-22-35-30(36-24(3)19-20-25-11-5-8-14-28(25)36)16-10-18-32(35)37(33)31-17-9-15-29-27-13-7-6-12-26(27)21-34(29)31;1-3-2;;;/h5-16,18-20,22-23,37H,4,21H2,1-3H3;3H,1-2H3;2*1H;/q-1;;;;+3/p-2. The van der Waals surface area contributed by atoms with Crippen LogP contribution in [0.1, 0.15) is 59.6 Å². The van der Waals surface area contributed by atoms with Crippen LogP contribution in [0.2, 0.25) is 13.1 Å². The number of fused-ring (bicyclic) bond motifs is 5. The monoisotopic (exact) mass is 694 g/mol. The zero-order chi connectivity index (χ0) is 27.8. The topological polar surface area (TPSA) is 0 Å². The van der Waals surface area contributed by atoms with Crippen molar-refractivity contribution in [3.63, 3.8) is 0 Å². The molecule has 7 rings (SSSR count). The minimum atomic E-state index is 0. The van der Waals surface area contributed by atoms with Gasteiger partial charge in [0.1, 0.15) is 0 Å². The molecule has 0 aliphatic heterocycles. The molecule has 2 unspecified atom stereocenters. The van der Waals surface area contributed by atoms with Gasteiger partial charge in [-0.25, -0.2) is 0 Å². The molecule has 2 radical (unpaired) electrons. The van der Waals surface area contributed by atoms with E-state index in [0.717, 1.165) is 22.4 Å². The molecule has 0 aromatic heterocycles. The van der Waals surface area contributed by atoms with E-state index < -0.39 is 0 Å². The van der Waals surface area contributed by atoms with E-state index in [1.54, 1.807) is 0 Å². The maximum absolute atomic E-state index is 3.75. The molecule has 0 amide bonds. The number of hydrogen-bond acceptors (Lipinski definition) is 0. The summed E-state index contributed by atoms with van der Waals surface area (Å²) in [7, 11) is 0.750. The molecule has 4 heteroatoms. The van der Waals surface area contributed by atoms with Crippen molar-refractivity contribution in [3.05, 3.63) is 136 Å². The van der Waals surface area contributed by atoms with Crippen LogP contribution >= 0.6 is 0 Å². The van der Waals surface area contributed by atoms with Crippen LogP contribution in [-0.2, 0) is 32.6 Å². The van der Waals surface area contributed by atoms with Crippen LogP contribution in [0.15, 0.2) is 96.6 Å². The maximum Gasteiger partial charge on any atom is 3.00 e. The molecule has 43 heavy (non-hydrogen) atoms. The Kier molecular flexibility index (Phi) is 12.4. The van der Waals surface area contributed by atoms with Gasteiger partial charge >= 0.3 is 26.2 Å². The van der Waals surface area contributed by atoms with Gasteiger partial charge in [0.2, 0.25) is 0 Å². The largest absolute Gasteiger partial charge is 3.00 e. The summed E-state index contributed by atoms with van der Waals surface area (Å²) in [4.78, 5) is 0. The van der Waals surface area contributed by atoms with E-state index >= 15 is 0 Å². The summed E-state index contributed by atoms with van der Waals surface area (Å²) in [6, 6.07) is 37.4. The minimum absolute atomic E-state index is 0. The van der Waals surface area contributed by atoms with Crippen LogP contribution in [0.3, 0.4) is 0 Å². The van der Waals surface area contributed by atoms with Gasteiger partial charge in [0.25, 0.3) is 0 Å². The van der Waals surface area contributed by atoms with Gasteiger partial charge in [-0.1, -0.05) is 117 Å². The molecule has 2 aliphatic carbocycles. The first-order valence-electron chi connectivity index (χ1n) is 14.8. The summed E-state index contributed by atoms with van der Waals surface area (Å²) < 4.78 is 0. The van der Waals surface area contributed by atoms with E-state index in [2.05, 4.69) is 137 Å². The first kappa shape index (κ1) is 35.3. The Bertz CT molecular complexity index is 1760. The summed E-state index contributed by atoms with van der Waals surface area (Å²) in [6.07, 6.45) is 4.66. The maximum atomic E-state index is 3.75. The first-order valence-corrected chi connectivity index (χ1v) is 17.1. The predicted octanol–water partition coefficient (Wildman–Crippen LogP) is 4.29. The predicted molar refractivity (Wildman–Crippen MR) is 176 cm³/mol. The number of aryl methyl sites for hydroxylation is 1. The van der Waals surface area contributed by atoms with E-state index in [1.165, 1.54) is 72.0 Å². The Morgan fingerprint density at radius 2 is 1.53 bits per heavy atom. The quantitative estimate of drug-likeness (QED) is 0.191. The van der Waals surface area contributed by atoms with Crippen molar-refractivity contribution in [1.82, 2.24) is 0 Å². The van der Waals surface area contributed by atoms with Crippen LogP contribution < -0.4 is 24.8 Å². The number of hydrogen-bond donors (Lipinski definition) is 0. The Balaban J connectivity index is 0.000000812. The van der Waals surface area contributed by atoms with Crippen LogP contribution in [-0.4, -0.2) is 9.52 Å². The van der Waals surface area contributed by atoms with Gasteiger partial charge in [-0.05, 0) is 75.4 Å². The van der Waals surface area contributed by atoms with Gasteiger partial charge in [-0.3, -0.25) is 0 Å². The van der Waals surface area contributed by atoms with E-state index in [9.17, 15) is 0 Å². The van der Waals surface area contributed by atoms with Gasteiger partial charge < -0.3 is 24.8 Å².